The smallest absolute Gasteiger partial charge is 0.133 e. The molecular weight excluding hydrogens is 190 g/mol. The van der Waals surface area contributed by atoms with Crippen LogP contribution in [0.25, 0.3) is 5.52 Å². The number of aromatic hydroxyl groups is 1. The summed E-state index contributed by atoms with van der Waals surface area (Å²) >= 11 is 0. The summed E-state index contributed by atoms with van der Waals surface area (Å²) in [6.07, 6.45) is 6.73. The second kappa shape index (κ2) is 2.73. The Bertz CT molecular complexity index is 514. The van der Waals surface area contributed by atoms with Gasteiger partial charge in [-0.3, -0.25) is 0 Å². The molecule has 4 heteroatoms. The number of nitrogens with zero attached hydrogens (tertiary/aromatic N) is 2. The lowest BCUT2D eigenvalue weighted by molar-refractivity contribution is 0.237. The minimum Gasteiger partial charge on any atom is -0.508 e. The lowest BCUT2D eigenvalue weighted by Crippen LogP contribution is -2.44. The third-order valence-corrected chi connectivity index (χ3v) is 3.21. The number of rotatable bonds is 1. The number of imidazole rings is 1. The minimum absolute atomic E-state index is 0.258. The van der Waals surface area contributed by atoms with Crippen molar-refractivity contribution in [1.82, 2.24) is 9.38 Å². The molecule has 0 spiro atoms. The van der Waals surface area contributed by atoms with Crippen LogP contribution in [-0.2, 0) is 5.54 Å². The Labute approximate surface area is 87.4 Å². The SMILES string of the molecule is NC1(c2ncc3cc(O)ccn23)CCC1. The van der Waals surface area contributed by atoms with E-state index in [1.54, 1.807) is 18.3 Å². The monoisotopic (exact) mass is 203 g/mol. The molecule has 0 aromatic carbocycles. The van der Waals surface area contributed by atoms with E-state index in [-0.39, 0.29) is 11.3 Å². The average molecular weight is 203 g/mol. The maximum atomic E-state index is 9.34. The fraction of sp³-hybridized carbons (Fsp3) is 0.364. The normalized spacial score (nSPS) is 19.0. The predicted molar refractivity (Wildman–Crippen MR) is 56.6 cm³/mol. The molecule has 1 aliphatic carbocycles. The van der Waals surface area contributed by atoms with E-state index in [2.05, 4.69) is 4.98 Å². The van der Waals surface area contributed by atoms with E-state index in [4.69, 9.17) is 5.73 Å². The van der Waals surface area contributed by atoms with E-state index in [9.17, 15) is 5.11 Å². The molecule has 3 rings (SSSR count). The van der Waals surface area contributed by atoms with Crippen LogP contribution in [0.4, 0.5) is 0 Å². The van der Waals surface area contributed by atoms with Gasteiger partial charge in [0.25, 0.3) is 0 Å². The summed E-state index contributed by atoms with van der Waals surface area (Å²) in [5.41, 5.74) is 6.86. The zero-order valence-corrected chi connectivity index (χ0v) is 8.35. The molecule has 1 fully saturated rings. The number of nitrogens with two attached hydrogens (primary N) is 1. The van der Waals surface area contributed by atoms with Gasteiger partial charge in [0.2, 0.25) is 0 Å². The number of pyridine rings is 1. The largest absolute Gasteiger partial charge is 0.508 e. The number of aromatic nitrogens is 2. The quantitative estimate of drug-likeness (QED) is 0.736. The zero-order chi connectivity index (χ0) is 10.5. The van der Waals surface area contributed by atoms with Crippen LogP contribution in [0, 0.1) is 0 Å². The van der Waals surface area contributed by atoms with Crippen LogP contribution in [0.5, 0.6) is 5.75 Å². The number of hydrogen-bond donors (Lipinski definition) is 2. The first-order chi connectivity index (χ1) is 7.19. The summed E-state index contributed by atoms with van der Waals surface area (Å²) in [5.74, 6) is 1.16. The van der Waals surface area contributed by atoms with E-state index >= 15 is 0 Å². The summed E-state index contributed by atoms with van der Waals surface area (Å²) in [5, 5.41) is 9.34. The lowest BCUT2D eigenvalue weighted by atomic mass is 9.77. The molecule has 0 saturated heterocycles. The highest BCUT2D eigenvalue weighted by Gasteiger charge is 2.37. The van der Waals surface area contributed by atoms with Crippen molar-refractivity contribution >= 4 is 5.52 Å². The molecule has 0 amide bonds. The Morgan fingerprint density at radius 2 is 2.27 bits per heavy atom. The standard InChI is InChI=1S/C11H13N3O/c12-11(3-1-4-11)10-13-7-8-6-9(15)2-5-14(8)10/h2,5-7,15H,1,3-4,12H2. The third kappa shape index (κ3) is 1.15. The average Bonchev–Trinajstić information content (AvgIpc) is 2.57. The van der Waals surface area contributed by atoms with Crippen LogP contribution in [0.2, 0.25) is 0 Å². The summed E-state index contributed by atoms with van der Waals surface area (Å²) in [7, 11) is 0. The van der Waals surface area contributed by atoms with Gasteiger partial charge in [-0.15, -0.1) is 0 Å². The summed E-state index contributed by atoms with van der Waals surface area (Å²) in [4.78, 5) is 4.36. The maximum absolute atomic E-state index is 9.34. The van der Waals surface area contributed by atoms with Gasteiger partial charge in [0, 0.05) is 12.3 Å². The fourth-order valence-corrected chi connectivity index (χ4v) is 2.14. The molecule has 0 atom stereocenters. The summed E-state index contributed by atoms with van der Waals surface area (Å²) < 4.78 is 1.96. The van der Waals surface area contributed by atoms with Crippen LogP contribution in [0.1, 0.15) is 25.1 Å². The molecule has 0 unspecified atom stereocenters. The first-order valence-electron chi connectivity index (χ1n) is 5.14. The van der Waals surface area contributed by atoms with E-state index in [1.807, 2.05) is 10.6 Å². The molecule has 2 heterocycles. The fourth-order valence-electron chi connectivity index (χ4n) is 2.14. The van der Waals surface area contributed by atoms with Gasteiger partial charge >= 0.3 is 0 Å². The molecule has 1 saturated carbocycles. The molecule has 4 nitrogen and oxygen atoms in total. The van der Waals surface area contributed by atoms with Gasteiger partial charge in [-0.05, 0) is 25.3 Å². The first kappa shape index (κ1) is 8.73. The van der Waals surface area contributed by atoms with Crippen molar-refractivity contribution in [2.45, 2.75) is 24.8 Å². The molecule has 78 valence electrons. The van der Waals surface area contributed by atoms with Crippen molar-refractivity contribution in [2.24, 2.45) is 5.73 Å². The van der Waals surface area contributed by atoms with Crippen molar-refractivity contribution in [3.63, 3.8) is 0 Å². The highest BCUT2D eigenvalue weighted by Crippen LogP contribution is 2.38. The Balaban J connectivity index is 2.20. The lowest BCUT2D eigenvalue weighted by Gasteiger charge is -2.36. The first-order valence-corrected chi connectivity index (χ1v) is 5.14. The highest BCUT2D eigenvalue weighted by molar-refractivity contribution is 5.51. The molecule has 1 aliphatic rings. The Morgan fingerprint density at radius 3 is 2.93 bits per heavy atom. The van der Waals surface area contributed by atoms with Crippen molar-refractivity contribution < 1.29 is 5.11 Å². The molecule has 0 bridgehead atoms. The maximum Gasteiger partial charge on any atom is 0.133 e. The number of fused-ring (bicyclic) bond motifs is 1. The van der Waals surface area contributed by atoms with Crippen LogP contribution in [0.3, 0.4) is 0 Å². The minimum atomic E-state index is -0.261. The van der Waals surface area contributed by atoms with Crippen molar-refractivity contribution in [2.75, 3.05) is 0 Å². The van der Waals surface area contributed by atoms with Crippen molar-refractivity contribution in [1.29, 1.82) is 0 Å². The Hall–Kier alpha value is -1.55. The van der Waals surface area contributed by atoms with E-state index in [1.165, 1.54) is 6.42 Å². The van der Waals surface area contributed by atoms with Crippen molar-refractivity contribution in [3.8, 4) is 5.75 Å². The van der Waals surface area contributed by atoms with Gasteiger partial charge in [0.05, 0.1) is 17.3 Å². The molecule has 2 aromatic rings. The molecular formula is C11H13N3O. The third-order valence-electron chi connectivity index (χ3n) is 3.21. The van der Waals surface area contributed by atoms with Crippen molar-refractivity contribution in [3.05, 3.63) is 30.4 Å². The molecule has 0 aliphatic heterocycles. The second-order valence-electron chi connectivity index (χ2n) is 4.27. The number of hydrogen-bond acceptors (Lipinski definition) is 3. The summed E-state index contributed by atoms with van der Waals surface area (Å²) in [6.45, 7) is 0. The molecule has 3 N–H and O–H groups in total. The zero-order valence-electron chi connectivity index (χ0n) is 8.35. The Kier molecular flexibility index (Phi) is 1.59. The topological polar surface area (TPSA) is 63.5 Å². The predicted octanol–water partition coefficient (Wildman–Crippen LogP) is 1.38. The van der Waals surface area contributed by atoms with Crippen LogP contribution < -0.4 is 5.73 Å². The Morgan fingerprint density at radius 1 is 1.47 bits per heavy atom. The van der Waals surface area contributed by atoms with Gasteiger partial charge in [-0.25, -0.2) is 4.98 Å². The van der Waals surface area contributed by atoms with E-state index < -0.39 is 0 Å². The van der Waals surface area contributed by atoms with Gasteiger partial charge in [0.1, 0.15) is 11.6 Å². The van der Waals surface area contributed by atoms with Gasteiger partial charge < -0.3 is 15.2 Å². The second-order valence-corrected chi connectivity index (χ2v) is 4.27. The molecule has 2 aromatic heterocycles. The van der Waals surface area contributed by atoms with Crippen LogP contribution >= 0.6 is 0 Å². The van der Waals surface area contributed by atoms with Gasteiger partial charge in [-0.1, -0.05) is 0 Å². The van der Waals surface area contributed by atoms with E-state index in [0.717, 1.165) is 24.2 Å². The molecule has 0 radical (unpaired) electrons. The molecule has 15 heavy (non-hydrogen) atoms. The van der Waals surface area contributed by atoms with Crippen LogP contribution in [-0.4, -0.2) is 14.5 Å². The summed E-state index contributed by atoms with van der Waals surface area (Å²) in [6, 6.07) is 3.35. The highest BCUT2D eigenvalue weighted by atomic mass is 16.3. The van der Waals surface area contributed by atoms with Gasteiger partial charge in [-0.2, -0.15) is 0 Å². The van der Waals surface area contributed by atoms with E-state index in [0.29, 0.717) is 0 Å². The van der Waals surface area contributed by atoms with Crippen LogP contribution in [0.15, 0.2) is 24.5 Å². The van der Waals surface area contributed by atoms with Gasteiger partial charge in [0.15, 0.2) is 0 Å².